The van der Waals surface area contributed by atoms with E-state index >= 15 is 0 Å². The molecule has 1 saturated carbocycles. The summed E-state index contributed by atoms with van der Waals surface area (Å²) in [4.78, 5) is 15.3. The maximum Gasteiger partial charge on any atom is 0.288 e. The number of allylic oxidation sites excluding steroid dienone is 1. The molecule has 1 saturated heterocycles. The van der Waals surface area contributed by atoms with Gasteiger partial charge in [-0.15, -0.1) is 0 Å². The van der Waals surface area contributed by atoms with Gasteiger partial charge in [0.15, 0.2) is 5.76 Å². The Kier molecular flexibility index (Phi) is 9.86. The van der Waals surface area contributed by atoms with E-state index in [9.17, 15) is 18.3 Å². The fourth-order valence-corrected chi connectivity index (χ4v) is 6.46. The van der Waals surface area contributed by atoms with Crippen molar-refractivity contribution in [1.82, 2.24) is 9.21 Å². The second-order valence-electron chi connectivity index (χ2n) is 10.0. The van der Waals surface area contributed by atoms with Crippen LogP contribution in [0.15, 0.2) is 41.0 Å². The number of carbonyl (C=O) groups excluding carboxylic acids is 1. The highest BCUT2D eigenvalue weighted by atomic mass is 32.2. The van der Waals surface area contributed by atoms with Crippen molar-refractivity contribution in [1.29, 1.82) is 0 Å². The Labute approximate surface area is 220 Å². The molecule has 0 unspecified atom stereocenters. The molecule has 2 aliphatic heterocycles. The summed E-state index contributed by atoms with van der Waals surface area (Å²) in [7, 11) is -2.31. The fourth-order valence-electron chi connectivity index (χ4n) is 5.04. The highest BCUT2D eigenvalue weighted by Gasteiger charge is 2.38. The number of carbonyl (C=O) groups is 1. The van der Waals surface area contributed by atoms with Crippen LogP contribution in [-0.4, -0.2) is 81.4 Å². The first-order valence-electron chi connectivity index (χ1n) is 13.5. The third-order valence-electron chi connectivity index (χ3n) is 7.36. The van der Waals surface area contributed by atoms with Gasteiger partial charge in [0.1, 0.15) is 5.75 Å². The van der Waals surface area contributed by atoms with Gasteiger partial charge in [0.05, 0.1) is 25.2 Å². The summed E-state index contributed by atoms with van der Waals surface area (Å²) >= 11 is 0. The number of hydrogen-bond acceptors (Lipinski definition) is 7. The maximum absolute atomic E-state index is 13.3. The van der Waals surface area contributed by atoms with Crippen LogP contribution in [0.3, 0.4) is 0 Å². The molecule has 2 fully saturated rings. The molecule has 1 aromatic carbocycles. The first-order chi connectivity index (χ1) is 17.9. The van der Waals surface area contributed by atoms with Gasteiger partial charge in [-0.2, -0.15) is 4.31 Å². The molecule has 3 aliphatic rings. The van der Waals surface area contributed by atoms with Crippen LogP contribution < -0.4 is 4.74 Å². The molecule has 1 amide bonds. The molecule has 2 heterocycles. The number of hydrogen-bond donors (Lipinski definition) is 1. The van der Waals surface area contributed by atoms with Crippen LogP contribution in [0.5, 0.6) is 5.75 Å². The second-order valence-corrected chi connectivity index (χ2v) is 12.0. The second kappa shape index (κ2) is 13.1. The summed E-state index contributed by atoms with van der Waals surface area (Å²) in [6.07, 6.45) is 9.84. The van der Waals surface area contributed by atoms with Crippen molar-refractivity contribution in [2.75, 3.05) is 46.5 Å². The SMILES string of the molecule is COc1ccc(S(=O)(=O)N(CCO)CCO[C@@H]2C[C@H](C3CC3)C=C(C(=O)N3CCCCCCC3)O2)cc1. The summed E-state index contributed by atoms with van der Waals surface area (Å²) in [5.41, 5.74) is 0. The number of amides is 1. The van der Waals surface area contributed by atoms with Gasteiger partial charge in [-0.25, -0.2) is 8.42 Å². The van der Waals surface area contributed by atoms with Gasteiger partial charge in [-0.05, 0) is 67.9 Å². The molecule has 1 aliphatic carbocycles. The highest BCUT2D eigenvalue weighted by Crippen LogP contribution is 2.43. The predicted molar refractivity (Wildman–Crippen MR) is 138 cm³/mol. The van der Waals surface area contributed by atoms with E-state index in [1.165, 1.54) is 30.0 Å². The average molecular weight is 537 g/mol. The van der Waals surface area contributed by atoms with E-state index in [1.54, 1.807) is 12.1 Å². The van der Waals surface area contributed by atoms with E-state index in [0.717, 1.165) is 51.6 Å². The number of ether oxygens (including phenoxy) is 3. The zero-order valence-corrected chi connectivity index (χ0v) is 22.5. The van der Waals surface area contributed by atoms with Gasteiger partial charge in [-0.1, -0.05) is 19.3 Å². The fraction of sp³-hybridized carbons (Fsp3) is 0.667. The molecule has 10 heteroatoms. The highest BCUT2D eigenvalue weighted by molar-refractivity contribution is 7.89. The van der Waals surface area contributed by atoms with Crippen LogP contribution in [0, 0.1) is 11.8 Å². The molecule has 2 atom stereocenters. The summed E-state index contributed by atoms with van der Waals surface area (Å²) in [6.45, 7) is 1.28. The van der Waals surface area contributed by atoms with Gasteiger partial charge in [0.2, 0.25) is 16.3 Å². The van der Waals surface area contributed by atoms with Crippen molar-refractivity contribution in [2.24, 2.45) is 11.8 Å². The zero-order valence-electron chi connectivity index (χ0n) is 21.7. The molecule has 0 bridgehead atoms. The third-order valence-corrected chi connectivity index (χ3v) is 9.27. The molecule has 0 spiro atoms. The normalized spacial score (nSPS) is 23.1. The number of aliphatic hydroxyl groups excluding tert-OH is 1. The van der Waals surface area contributed by atoms with Crippen LogP contribution in [0.2, 0.25) is 0 Å². The van der Waals surface area contributed by atoms with E-state index in [2.05, 4.69) is 0 Å². The topological polar surface area (TPSA) is 106 Å². The van der Waals surface area contributed by atoms with Crippen molar-refractivity contribution < 1.29 is 32.5 Å². The number of benzene rings is 1. The van der Waals surface area contributed by atoms with Gasteiger partial charge in [0.25, 0.3) is 5.91 Å². The molecule has 9 nitrogen and oxygen atoms in total. The quantitative estimate of drug-likeness (QED) is 0.463. The lowest BCUT2D eigenvalue weighted by atomic mass is 9.96. The molecule has 37 heavy (non-hydrogen) atoms. The Morgan fingerprint density at radius 1 is 1.08 bits per heavy atom. The monoisotopic (exact) mass is 536 g/mol. The van der Waals surface area contributed by atoms with Crippen LogP contribution >= 0.6 is 0 Å². The van der Waals surface area contributed by atoms with Gasteiger partial charge in [-0.3, -0.25) is 4.79 Å². The van der Waals surface area contributed by atoms with E-state index < -0.39 is 16.3 Å². The van der Waals surface area contributed by atoms with Gasteiger partial charge >= 0.3 is 0 Å². The van der Waals surface area contributed by atoms with Crippen LogP contribution in [0.4, 0.5) is 0 Å². The number of sulfonamides is 1. The first kappa shape index (κ1) is 27.9. The average Bonchev–Trinajstić information content (AvgIpc) is 3.73. The number of methoxy groups -OCH3 is 1. The first-order valence-corrected chi connectivity index (χ1v) is 14.9. The van der Waals surface area contributed by atoms with Crippen LogP contribution in [-0.2, 0) is 24.3 Å². The molecule has 4 rings (SSSR count). The van der Waals surface area contributed by atoms with Crippen molar-refractivity contribution in [3.05, 3.63) is 36.1 Å². The Morgan fingerprint density at radius 2 is 1.76 bits per heavy atom. The van der Waals surface area contributed by atoms with E-state index in [-0.39, 0.29) is 43.0 Å². The van der Waals surface area contributed by atoms with E-state index in [0.29, 0.717) is 23.8 Å². The third kappa shape index (κ3) is 7.46. The largest absolute Gasteiger partial charge is 0.497 e. The summed E-state index contributed by atoms with van der Waals surface area (Å²) in [5.74, 6) is 1.64. The minimum Gasteiger partial charge on any atom is -0.497 e. The molecule has 0 radical (unpaired) electrons. The Hall–Kier alpha value is -2.14. The van der Waals surface area contributed by atoms with Crippen LogP contribution in [0.25, 0.3) is 0 Å². The summed E-state index contributed by atoms with van der Waals surface area (Å²) < 4.78 is 44.7. The molecular formula is C27H40N2O7S. The maximum atomic E-state index is 13.3. The molecule has 1 N–H and O–H groups in total. The summed E-state index contributed by atoms with van der Waals surface area (Å²) in [6, 6.07) is 6.14. The van der Waals surface area contributed by atoms with Gasteiger partial charge in [0, 0.05) is 32.6 Å². The number of rotatable bonds is 11. The lowest BCUT2D eigenvalue weighted by Crippen LogP contribution is -2.40. The Balaban J connectivity index is 1.38. The van der Waals surface area contributed by atoms with Crippen molar-refractivity contribution in [3.63, 3.8) is 0 Å². The Bertz CT molecular complexity index is 1020. The number of aliphatic hydroxyl groups is 1. The molecule has 206 valence electrons. The minimum absolute atomic E-state index is 0.0491. The zero-order chi connectivity index (χ0) is 26.3. The van der Waals surface area contributed by atoms with Crippen molar-refractivity contribution >= 4 is 15.9 Å². The number of likely N-dealkylation sites (tertiary alicyclic amines) is 1. The molecule has 0 aromatic heterocycles. The van der Waals surface area contributed by atoms with Gasteiger partial charge < -0.3 is 24.2 Å². The smallest absolute Gasteiger partial charge is 0.288 e. The minimum atomic E-state index is -3.83. The van der Waals surface area contributed by atoms with Crippen molar-refractivity contribution in [3.8, 4) is 5.75 Å². The van der Waals surface area contributed by atoms with Crippen LogP contribution in [0.1, 0.15) is 51.4 Å². The lowest BCUT2D eigenvalue weighted by molar-refractivity contribution is -0.156. The molecular weight excluding hydrogens is 496 g/mol. The Morgan fingerprint density at radius 3 is 2.38 bits per heavy atom. The summed E-state index contributed by atoms with van der Waals surface area (Å²) in [5, 5.41) is 9.50. The number of nitrogens with zero attached hydrogens (tertiary/aromatic N) is 2. The standard InChI is InChI=1S/C27H40N2O7S/c1-34-23-9-11-24(12-10-23)37(32,33)29(15-17-30)16-18-35-26-20-22(21-7-8-21)19-25(36-26)27(31)28-13-5-3-2-4-6-14-28/h9-12,19,21-22,26,30H,2-8,13-18,20H2,1H3/t22-,26+/m1/s1. The van der Waals surface area contributed by atoms with E-state index in [4.69, 9.17) is 14.2 Å². The van der Waals surface area contributed by atoms with Crippen molar-refractivity contribution in [2.45, 2.75) is 62.6 Å². The lowest BCUT2D eigenvalue weighted by Gasteiger charge is -2.32. The predicted octanol–water partition coefficient (Wildman–Crippen LogP) is 3.14. The van der Waals surface area contributed by atoms with E-state index in [1.807, 2.05) is 11.0 Å². The molecule has 1 aromatic rings.